The van der Waals surface area contributed by atoms with Crippen molar-refractivity contribution in [2.75, 3.05) is 6.61 Å². The molecule has 1 N–H and O–H groups in total. The van der Waals surface area contributed by atoms with Crippen molar-refractivity contribution >= 4 is 39.3 Å². The van der Waals surface area contributed by atoms with Gasteiger partial charge in [0, 0.05) is 34.9 Å². The number of alkyl halides is 3. The lowest BCUT2D eigenvalue weighted by molar-refractivity contribution is -0.274. The number of ether oxygens (including phenoxy) is 2. The number of esters is 1. The number of halogens is 4. The number of carbonyl (C=O) groups excluding carboxylic acids is 1. The van der Waals surface area contributed by atoms with E-state index in [0.717, 1.165) is 54.2 Å². The third-order valence-corrected chi connectivity index (χ3v) is 11.6. The number of rotatable bonds is 10. The van der Waals surface area contributed by atoms with Gasteiger partial charge in [0.05, 0.1) is 16.9 Å². The summed E-state index contributed by atoms with van der Waals surface area (Å²) in [6.45, 7) is 2.36. The van der Waals surface area contributed by atoms with Crippen LogP contribution >= 0.6 is 23.1 Å². The number of fused-ring (bicyclic) bond motifs is 3. The summed E-state index contributed by atoms with van der Waals surface area (Å²) in [4.78, 5) is 16.7. The highest BCUT2D eigenvalue weighted by Crippen LogP contribution is 2.52. The number of thioether (sulfide) groups is 1. The lowest BCUT2D eigenvalue weighted by Gasteiger charge is -2.35. The van der Waals surface area contributed by atoms with Crippen molar-refractivity contribution < 1.29 is 36.4 Å². The van der Waals surface area contributed by atoms with Crippen LogP contribution in [0.15, 0.2) is 45.3 Å². The maximum Gasteiger partial charge on any atom is 0.573 e. The molecule has 3 saturated carbocycles. The molecule has 4 aromatic rings. The van der Waals surface area contributed by atoms with E-state index in [2.05, 4.69) is 20.2 Å². The second-order valence-electron chi connectivity index (χ2n) is 11.9. The molecule has 0 aliphatic heterocycles. The van der Waals surface area contributed by atoms with E-state index >= 15 is 0 Å². The van der Waals surface area contributed by atoms with E-state index in [1.807, 2.05) is 0 Å². The van der Waals surface area contributed by atoms with Crippen LogP contribution in [0.3, 0.4) is 0 Å². The average Bonchev–Trinajstić information content (AvgIpc) is 3.55. The van der Waals surface area contributed by atoms with Gasteiger partial charge in [-0.3, -0.25) is 0 Å². The van der Waals surface area contributed by atoms with Crippen LogP contribution in [0.4, 0.5) is 17.6 Å². The number of hydrogen-bond acceptors (Lipinski definition) is 9. The molecule has 0 amide bonds. The number of hydrogen-bond donors (Lipinski definition) is 1. The topological polar surface area (TPSA) is 86.5 Å². The minimum atomic E-state index is -4.82. The highest BCUT2D eigenvalue weighted by atomic mass is 32.2. The lowest BCUT2D eigenvalue weighted by atomic mass is 9.84. The molecular formula is C32H31F4N3O4S2. The van der Waals surface area contributed by atoms with Gasteiger partial charge in [-0.25, -0.2) is 14.2 Å². The molecular weight excluding hydrogens is 630 g/mol. The number of aromatic nitrogens is 2. The highest BCUT2D eigenvalue weighted by molar-refractivity contribution is 8.01. The number of nitrogens with zero attached hydrogens (tertiary/aromatic N) is 2. The van der Waals surface area contributed by atoms with Crippen LogP contribution in [0, 0.1) is 17.7 Å². The Morgan fingerprint density at radius 2 is 1.89 bits per heavy atom. The molecule has 2 heterocycles. The third kappa shape index (κ3) is 6.44. The van der Waals surface area contributed by atoms with Crippen LogP contribution in [0.25, 0.3) is 21.5 Å². The maximum atomic E-state index is 14.8. The summed E-state index contributed by atoms with van der Waals surface area (Å²) in [6.07, 6.45) is 1.21. The Balaban J connectivity index is 1.05. The lowest BCUT2D eigenvalue weighted by Crippen LogP contribution is -2.39. The fraction of sp³-hybridized carbons (Fsp3) is 0.469. The first-order valence-electron chi connectivity index (χ1n) is 15.2. The van der Waals surface area contributed by atoms with Crippen LogP contribution in [-0.2, 0) is 11.3 Å². The Morgan fingerprint density at radius 3 is 2.60 bits per heavy atom. The van der Waals surface area contributed by atoms with Crippen molar-refractivity contribution in [1.29, 1.82) is 0 Å². The van der Waals surface area contributed by atoms with E-state index in [4.69, 9.17) is 9.26 Å². The zero-order valence-corrected chi connectivity index (χ0v) is 26.0. The predicted molar refractivity (Wildman–Crippen MR) is 162 cm³/mol. The van der Waals surface area contributed by atoms with Crippen molar-refractivity contribution in [2.24, 2.45) is 11.8 Å². The van der Waals surface area contributed by atoms with E-state index in [9.17, 15) is 22.4 Å². The van der Waals surface area contributed by atoms with E-state index in [0.29, 0.717) is 34.0 Å². The third-order valence-electron chi connectivity index (χ3n) is 8.89. The van der Waals surface area contributed by atoms with E-state index in [-0.39, 0.29) is 41.0 Å². The smallest absolute Gasteiger partial charge is 0.462 e. The molecule has 4 atom stereocenters. The first-order chi connectivity index (χ1) is 21.7. The van der Waals surface area contributed by atoms with Gasteiger partial charge in [-0.2, -0.15) is 0 Å². The van der Waals surface area contributed by atoms with Gasteiger partial charge in [0.1, 0.15) is 22.7 Å². The Labute approximate surface area is 265 Å². The molecule has 2 bridgehead atoms. The van der Waals surface area contributed by atoms with Gasteiger partial charge in [0.25, 0.3) is 0 Å². The number of thiazole rings is 1. The molecule has 2 aromatic carbocycles. The summed E-state index contributed by atoms with van der Waals surface area (Å²) in [6, 6.07) is 9.10. The van der Waals surface area contributed by atoms with E-state index in [1.54, 1.807) is 36.9 Å². The molecule has 13 heteroatoms. The second-order valence-corrected chi connectivity index (χ2v) is 14.4. The Kier molecular flexibility index (Phi) is 8.28. The highest BCUT2D eigenvalue weighted by Gasteiger charge is 2.44. The summed E-state index contributed by atoms with van der Waals surface area (Å²) in [7, 11) is 0. The fourth-order valence-corrected chi connectivity index (χ4v) is 9.59. The Bertz CT molecular complexity index is 1710. The molecule has 0 unspecified atom stereocenters. The monoisotopic (exact) mass is 661 g/mol. The minimum Gasteiger partial charge on any atom is -0.462 e. The number of benzene rings is 2. The average molecular weight is 662 g/mol. The maximum absolute atomic E-state index is 14.8. The van der Waals surface area contributed by atoms with Gasteiger partial charge in [0.2, 0.25) is 0 Å². The predicted octanol–water partition coefficient (Wildman–Crippen LogP) is 8.48. The number of nitrogens with one attached hydrogen (secondary N) is 1. The first kappa shape index (κ1) is 30.5. The van der Waals surface area contributed by atoms with Crippen LogP contribution in [0.5, 0.6) is 5.75 Å². The molecule has 7 rings (SSSR count). The van der Waals surface area contributed by atoms with Gasteiger partial charge < -0.3 is 19.3 Å². The van der Waals surface area contributed by atoms with E-state index in [1.165, 1.54) is 29.5 Å². The molecule has 0 spiro atoms. The van der Waals surface area contributed by atoms with Crippen molar-refractivity contribution in [3.63, 3.8) is 0 Å². The molecule has 238 valence electrons. The van der Waals surface area contributed by atoms with Crippen molar-refractivity contribution in [1.82, 2.24) is 15.5 Å². The zero-order chi connectivity index (χ0) is 31.3. The normalized spacial score (nSPS) is 23.0. The summed E-state index contributed by atoms with van der Waals surface area (Å²) in [5.74, 6) is 0.485. The van der Waals surface area contributed by atoms with Gasteiger partial charge >= 0.3 is 12.3 Å². The van der Waals surface area contributed by atoms with Crippen LogP contribution in [0.1, 0.15) is 73.0 Å². The summed E-state index contributed by atoms with van der Waals surface area (Å²) < 4.78 is 70.7. The van der Waals surface area contributed by atoms with Gasteiger partial charge in [-0.1, -0.05) is 29.1 Å². The first-order valence-corrected chi connectivity index (χ1v) is 16.9. The quantitative estimate of drug-likeness (QED) is 0.134. The molecule has 3 aliphatic rings. The van der Waals surface area contributed by atoms with E-state index < -0.39 is 18.1 Å². The zero-order valence-electron chi connectivity index (χ0n) is 24.4. The van der Waals surface area contributed by atoms with Crippen molar-refractivity contribution in [3.05, 3.63) is 59.1 Å². The van der Waals surface area contributed by atoms with Gasteiger partial charge in [-0.05, 0) is 81.5 Å². The minimum absolute atomic E-state index is 0.186. The summed E-state index contributed by atoms with van der Waals surface area (Å²) in [5.41, 5.74) is 1.88. The van der Waals surface area contributed by atoms with Crippen molar-refractivity contribution in [3.8, 4) is 17.0 Å². The van der Waals surface area contributed by atoms with Crippen molar-refractivity contribution in [2.45, 2.75) is 79.9 Å². The Hall–Kier alpha value is -3.16. The molecule has 7 nitrogen and oxygen atoms in total. The van der Waals surface area contributed by atoms with Gasteiger partial charge in [0.15, 0.2) is 10.2 Å². The second kappa shape index (κ2) is 12.2. The SMILES string of the molecule is CCOC(=O)c1cc(F)c2nc(S[C@H]3[C@@H]4CC[C@H]3C[C@H](NCc3c(-c5ccccc5OC(F)(F)F)noc3C3CC3)C4)sc2c1. The molecule has 0 saturated heterocycles. The summed E-state index contributed by atoms with van der Waals surface area (Å²) >= 11 is 3.11. The summed E-state index contributed by atoms with van der Waals surface area (Å²) in [5, 5.41) is 8.27. The van der Waals surface area contributed by atoms with Gasteiger partial charge in [-0.15, -0.1) is 24.5 Å². The molecule has 45 heavy (non-hydrogen) atoms. The molecule has 3 aliphatic carbocycles. The number of para-hydroxylation sites is 1. The largest absolute Gasteiger partial charge is 0.573 e. The number of carbonyl (C=O) groups is 1. The molecule has 2 aromatic heterocycles. The Morgan fingerprint density at radius 1 is 1.13 bits per heavy atom. The van der Waals surface area contributed by atoms with Crippen LogP contribution in [0.2, 0.25) is 0 Å². The standard InChI is InChI=1S/C32H31F4N3O4S2/c1-2-41-30(40)19-13-23(33)27-25(14-19)44-31(38-27)45-29-17-9-10-18(29)12-20(11-17)37-15-22-26(39-43-28(22)16-7-8-16)21-5-3-4-6-24(21)42-32(34,35)36/h3-6,13-14,16-18,20,29,37H,2,7-12,15H2,1H3/t17-,18+,20-,29+. The molecule has 0 radical (unpaired) electrons. The van der Waals surface area contributed by atoms with Crippen LogP contribution in [-0.4, -0.2) is 40.4 Å². The molecule has 3 fully saturated rings. The fourth-order valence-electron chi connectivity index (χ4n) is 6.79. The van der Waals surface area contributed by atoms with Crippen LogP contribution < -0.4 is 10.1 Å².